The van der Waals surface area contributed by atoms with Crippen LogP contribution in [0, 0.1) is 0 Å². The number of allylic oxidation sites excluding steroid dienone is 1. The van der Waals surface area contributed by atoms with Gasteiger partial charge < -0.3 is 4.90 Å². The minimum atomic E-state index is -0.184. The molecule has 1 aliphatic carbocycles. The molecule has 1 heterocycles. The predicted molar refractivity (Wildman–Crippen MR) is 255 cm³/mol. The molecule has 1 atom stereocenters. The Kier molecular flexibility index (Phi) is 8.33. The molecule has 9 aromatic rings. The lowest BCUT2D eigenvalue weighted by Crippen LogP contribution is -2.30. The summed E-state index contributed by atoms with van der Waals surface area (Å²) >= 11 is 0. The molecule has 1 unspecified atom stereocenters. The number of para-hydroxylation sites is 1. The van der Waals surface area contributed by atoms with Crippen LogP contribution in [0.15, 0.2) is 200 Å². The van der Waals surface area contributed by atoms with E-state index < -0.39 is 0 Å². The van der Waals surface area contributed by atoms with Crippen LogP contribution < -0.4 is 4.90 Å². The van der Waals surface area contributed by atoms with Gasteiger partial charge in [0, 0.05) is 22.4 Å². The lowest BCUT2D eigenvalue weighted by Gasteiger charge is -2.42. The van der Waals surface area contributed by atoms with Gasteiger partial charge in [0.15, 0.2) is 0 Å². The van der Waals surface area contributed by atoms with Crippen molar-refractivity contribution in [2.75, 3.05) is 4.90 Å². The Hall–Kier alpha value is -6.96. The maximum absolute atomic E-state index is 2.46. The van der Waals surface area contributed by atoms with Crippen molar-refractivity contribution < 1.29 is 0 Å². The highest BCUT2D eigenvalue weighted by molar-refractivity contribution is 6.08. The third-order valence-electron chi connectivity index (χ3n) is 13.6. The summed E-state index contributed by atoms with van der Waals surface area (Å²) in [7, 11) is 0. The summed E-state index contributed by atoms with van der Waals surface area (Å²) in [6.07, 6.45) is 4.68. The lowest BCUT2D eigenvalue weighted by molar-refractivity contribution is 0.632. The number of rotatable bonds is 6. The van der Waals surface area contributed by atoms with E-state index in [2.05, 4.69) is 239 Å². The SMILES string of the molecule is CC1(C)c2ccccc2-c2ccc(C(/C=C/c3ccc(-c4ccc5c(c4)C(C)(C)c4ccccc4N5c4ccc5c(ccc6ccccc65)c4)cc3)c3ccccc3)cc21. The van der Waals surface area contributed by atoms with E-state index in [9.17, 15) is 0 Å². The summed E-state index contributed by atoms with van der Waals surface area (Å²) < 4.78 is 0. The molecule has 1 aliphatic heterocycles. The molecule has 0 fully saturated rings. The Morgan fingerprint density at radius 2 is 1.07 bits per heavy atom. The molecule has 1 heteroatoms. The van der Waals surface area contributed by atoms with Crippen LogP contribution in [0.25, 0.3) is 49.9 Å². The molecule has 60 heavy (non-hydrogen) atoms. The number of hydrogen-bond donors (Lipinski definition) is 0. The van der Waals surface area contributed by atoms with Crippen LogP contribution in [0.3, 0.4) is 0 Å². The molecular formula is C59H47N. The molecule has 0 bridgehead atoms. The zero-order valence-corrected chi connectivity index (χ0v) is 34.7. The molecule has 0 spiro atoms. The first-order chi connectivity index (χ1) is 29.3. The molecule has 0 saturated carbocycles. The molecule has 0 amide bonds. The summed E-state index contributed by atoms with van der Waals surface area (Å²) in [5.41, 5.74) is 17.9. The summed E-state index contributed by atoms with van der Waals surface area (Å²) in [6, 6.07) is 72.1. The second kappa shape index (κ2) is 13.8. The second-order valence-corrected chi connectivity index (χ2v) is 17.7. The van der Waals surface area contributed by atoms with E-state index in [0.29, 0.717) is 0 Å². The zero-order chi connectivity index (χ0) is 40.6. The largest absolute Gasteiger partial charge is 0.310 e. The van der Waals surface area contributed by atoms with E-state index in [0.717, 1.165) is 0 Å². The zero-order valence-electron chi connectivity index (χ0n) is 34.7. The average Bonchev–Trinajstić information content (AvgIpc) is 3.52. The fraction of sp³-hybridized carbons (Fsp3) is 0.119. The molecule has 0 aromatic heterocycles. The van der Waals surface area contributed by atoms with Gasteiger partial charge >= 0.3 is 0 Å². The van der Waals surface area contributed by atoms with E-state index in [1.54, 1.807) is 0 Å². The quantitative estimate of drug-likeness (QED) is 0.152. The maximum Gasteiger partial charge on any atom is 0.0503 e. The predicted octanol–water partition coefficient (Wildman–Crippen LogP) is 15.9. The van der Waals surface area contributed by atoms with Gasteiger partial charge in [-0.2, -0.15) is 0 Å². The monoisotopic (exact) mass is 769 g/mol. The minimum Gasteiger partial charge on any atom is -0.310 e. The molecule has 0 N–H and O–H groups in total. The fourth-order valence-electron chi connectivity index (χ4n) is 10.3. The molecule has 11 rings (SSSR count). The molecule has 0 saturated heterocycles. The third kappa shape index (κ3) is 5.75. The minimum absolute atomic E-state index is 0.0392. The average molecular weight is 770 g/mol. The van der Waals surface area contributed by atoms with E-state index in [1.165, 1.54) is 99.8 Å². The molecule has 2 aliphatic rings. The van der Waals surface area contributed by atoms with Crippen molar-refractivity contribution in [2.24, 2.45) is 0 Å². The van der Waals surface area contributed by atoms with Crippen LogP contribution in [0.1, 0.15) is 72.6 Å². The van der Waals surface area contributed by atoms with Crippen molar-refractivity contribution >= 4 is 44.7 Å². The summed E-state index contributed by atoms with van der Waals surface area (Å²) in [4.78, 5) is 2.46. The molecule has 0 radical (unpaired) electrons. The van der Waals surface area contributed by atoms with Gasteiger partial charge in [-0.3, -0.25) is 0 Å². The Morgan fingerprint density at radius 3 is 1.92 bits per heavy atom. The van der Waals surface area contributed by atoms with Gasteiger partial charge in [-0.15, -0.1) is 0 Å². The molecule has 288 valence electrons. The second-order valence-electron chi connectivity index (χ2n) is 17.7. The smallest absolute Gasteiger partial charge is 0.0503 e. The van der Waals surface area contributed by atoms with Crippen LogP contribution in [-0.2, 0) is 10.8 Å². The summed E-state index contributed by atoms with van der Waals surface area (Å²) in [6.45, 7) is 9.47. The van der Waals surface area contributed by atoms with Crippen LogP contribution >= 0.6 is 0 Å². The van der Waals surface area contributed by atoms with Crippen molar-refractivity contribution in [3.05, 3.63) is 239 Å². The van der Waals surface area contributed by atoms with Crippen LogP contribution in [0.4, 0.5) is 17.1 Å². The number of nitrogens with zero attached hydrogens (tertiary/aromatic N) is 1. The molecule has 9 aromatic carbocycles. The van der Waals surface area contributed by atoms with E-state index in [4.69, 9.17) is 0 Å². The van der Waals surface area contributed by atoms with Crippen LogP contribution in [0.5, 0.6) is 0 Å². The first-order valence-corrected chi connectivity index (χ1v) is 21.3. The van der Waals surface area contributed by atoms with Crippen LogP contribution in [0.2, 0.25) is 0 Å². The Bertz CT molecular complexity index is 3150. The standard InChI is InChI=1S/C59H47N/c1-58(2)52-19-11-10-18-50(52)51-33-29-45(38-54(51)58)47(41-14-6-5-7-15-41)32-24-39-22-25-40(26-23-39)43-30-35-57-55(37-43)59(3,4)53-20-12-13-21-56(53)60(57)46-31-34-49-44(36-46)28-27-42-16-8-9-17-48(42)49/h5-38,47H,1-4H3/b32-24+. The lowest BCUT2D eigenvalue weighted by atomic mass is 9.73. The van der Waals surface area contributed by atoms with E-state index in [-0.39, 0.29) is 16.7 Å². The van der Waals surface area contributed by atoms with Crippen molar-refractivity contribution in [3.63, 3.8) is 0 Å². The van der Waals surface area contributed by atoms with Crippen molar-refractivity contribution in [2.45, 2.75) is 44.4 Å². The number of anilines is 3. The van der Waals surface area contributed by atoms with Gasteiger partial charge in [-0.05, 0) is 113 Å². The Balaban J connectivity index is 0.929. The first kappa shape index (κ1) is 36.1. The van der Waals surface area contributed by atoms with Gasteiger partial charge in [-0.1, -0.05) is 204 Å². The van der Waals surface area contributed by atoms with Gasteiger partial charge in [0.25, 0.3) is 0 Å². The fourth-order valence-corrected chi connectivity index (χ4v) is 10.3. The first-order valence-electron chi connectivity index (χ1n) is 21.3. The van der Waals surface area contributed by atoms with Gasteiger partial charge in [0.2, 0.25) is 0 Å². The third-order valence-corrected chi connectivity index (χ3v) is 13.6. The normalized spacial score (nSPS) is 15.1. The summed E-state index contributed by atoms with van der Waals surface area (Å²) in [5.74, 6) is 0.131. The topological polar surface area (TPSA) is 3.24 Å². The van der Waals surface area contributed by atoms with Gasteiger partial charge in [0.05, 0.1) is 11.4 Å². The van der Waals surface area contributed by atoms with Crippen molar-refractivity contribution in [3.8, 4) is 22.3 Å². The van der Waals surface area contributed by atoms with Gasteiger partial charge in [0.1, 0.15) is 0 Å². The highest BCUT2D eigenvalue weighted by Crippen LogP contribution is 2.53. The Morgan fingerprint density at radius 1 is 0.417 bits per heavy atom. The Labute approximate surface area is 353 Å². The number of hydrogen-bond acceptors (Lipinski definition) is 1. The van der Waals surface area contributed by atoms with Gasteiger partial charge in [-0.25, -0.2) is 0 Å². The van der Waals surface area contributed by atoms with Crippen molar-refractivity contribution in [1.82, 2.24) is 0 Å². The summed E-state index contributed by atoms with van der Waals surface area (Å²) in [5, 5.41) is 5.09. The van der Waals surface area contributed by atoms with Crippen molar-refractivity contribution in [1.29, 1.82) is 0 Å². The number of benzene rings is 9. The molecular weight excluding hydrogens is 723 g/mol. The highest BCUT2D eigenvalue weighted by atomic mass is 15.2. The van der Waals surface area contributed by atoms with Crippen LogP contribution in [-0.4, -0.2) is 0 Å². The maximum atomic E-state index is 2.46. The highest BCUT2D eigenvalue weighted by Gasteiger charge is 2.38. The molecule has 1 nitrogen and oxygen atoms in total. The van der Waals surface area contributed by atoms with E-state index >= 15 is 0 Å². The van der Waals surface area contributed by atoms with E-state index in [1.807, 2.05) is 0 Å². The number of fused-ring (bicyclic) bond motifs is 8.